The Labute approximate surface area is 490 Å². The molecule has 16 rings (SSSR count). The van der Waals surface area contributed by atoms with E-state index in [4.69, 9.17) is 0 Å². The first-order valence-corrected chi connectivity index (χ1v) is 29.3. The van der Waals surface area contributed by atoms with Crippen LogP contribution in [0.15, 0.2) is 315 Å². The summed E-state index contributed by atoms with van der Waals surface area (Å²) in [6.45, 7) is 6.40. The third-order valence-corrected chi connectivity index (χ3v) is 18.0. The van der Waals surface area contributed by atoms with Crippen molar-refractivity contribution >= 4 is 83.2 Å². The molecule has 2 heterocycles. The van der Waals surface area contributed by atoms with Crippen LogP contribution < -0.4 is 9.80 Å². The van der Waals surface area contributed by atoms with Gasteiger partial charge >= 0.3 is 0 Å². The van der Waals surface area contributed by atoms with Crippen LogP contribution in [0.4, 0.5) is 28.4 Å². The first kappa shape index (κ1) is 49.2. The van der Waals surface area contributed by atoms with E-state index in [0.717, 1.165) is 52.7 Å². The molecule has 0 amide bonds. The highest BCUT2D eigenvalue weighted by molar-refractivity contribution is 6.13. The Bertz CT molecular complexity index is 4920. The van der Waals surface area contributed by atoms with Gasteiger partial charge in [0.2, 0.25) is 0 Å². The second-order valence-corrected chi connectivity index (χ2v) is 22.2. The number of fused-ring (bicyclic) bond motifs is 13. The standard InChI is InChI=1S/C80H58N4/c1-3-23-63-64-30-14-18-34-71(64)80(70(63)4-2)72-35-19-15-33-67(72)79-73(80)36-22-39-78(79)82(62-49-51-77-69(53-62)66-32-17-21-38-75(66)84(77)58-28-12-7-13-29-58)60-46-42-55(43-47-60)54-40-44-59(45-41-54)81(56-24-8-5-9-25-56)61-48-50-76-68(52-61)65-31-16-20-37-74(65)83(76)57-26-10-6-11-27-57/h3-40,42-44,46-53H,1,41,45H2,2H3/b63-23?,70-4+. The molecule has 1 unspecified atom stereocenters. The third kappa shape index (κ3) is 7.40. The Morgan fingerprint density at radius 1 is 0.417 bits per heavy atom. The zero-order valence-corrected chi connectivity index (χ0v) is 46.7. The lowest BCUT2D eigenvalue weighted by Crippen LogP contribution is -2.26. The molecular weight excluding hydrogens is 1020 g/mol. The van der Waals surface area contributed by atoms with Gasteiger partial charge in [0.1, 0.15) is 0 Å². The quantitative estimate of drug-likeness (QED) is 0.136. The van der Waals surface area contributed by atoms with Gasteiger partial charge in [-0.25, -0.2) is 0 Å². The number of aromatic nitrogens is 2. The Balaban J connectivity index is 0.836. The summed E-state index contributed by atoms with van der Waals surface area (Å²) in [7, 11) is 0. The van der Waals surface area contributed by atoms with E-state index in [1.54, 1.807) is 0 Å². The molecule has 11 aromatic carbocycles. The Hall–Kier alpha value is -10.7. The summed E-state index contributed by atoms with van der Waals surface area (Å²) in [5.41, 5.74) is 26.1. The normalized spacial score (nSPS) is 16.1. The average Bonchev–Trinajstić information content (AvgIpc) is 1.77. The molecule has 84 heavy (non-hydrogen) atoms. The van der Waals surface area contributed by atoms with Crippen LogP contribution in [0.1, 0.15) is 47.6 Å². The molecule has 3 aliphatic rings. The van der Waals surface area contributed by atoms with E-state index < -0.39 is 5.41 Å². The summed E-state index contributed by atoms with van der Waals surface area (Å²) < 4.78 is 4.79. The molecule has 0 saturated heterocycles. The molecule has 0 radical (unpaired) electrons. The van der Waals surface area contributed by atoms with Crippen LogP contribution in [0.5, 0.6) is 0 Å². The van der Waals surface area contributed by atoms with Crippen LogP contribution in [0, 0.1) is 0 Å². The van der Waals surface area contributed by atoms with E-state index in [9.17, 15) is 0 Å². The van der Waals surface area contributed by atoms with Crippen molar-refractivity contribution in [1.82, 2.24) is 9.13 Å². The van der Waals surface area contributed by atoms with Crippen molar-refractivity contribution in [1.29, 1.82) is 0 Å². The summed E-state index contributed by atoms with van der Waals surface area (Å²) in [4.78, 5) is 4.97. The maximum Gasteiger partial charge on any atom is 0.0723 e. The number of nitrogens with zero attached hydrogens (tertiary/aromatic N) is 4. The molecule has 0 fully saturated rings. The molecule has 3 aliphatic carbocycles. The van der Waals surface area contributed by atoms with Crippen LogP contribution in [0.2, 0.25) is 0 Å². The number of hydrogen-bond acceptors (Lipinski definition) is 2. The van der Waals surface area contributed by atoms with Crippen molar-refractivity contribution in [2.24, 2.45) is 0 Å². The second kappa shape index (κ2) is 19.8. The van der Waals surface area contributed by atoms with Gasteiger partial charge in [-0.1, -0.05) is 195 Å². The van der Waals surface area contributed by atoms with Gasteiger partial charge in [0, 0.05) is 66.9 Å². The number of allylic oxidation sites excluding steroid dienone is 9. The third-order valence-electron chi connectivity index (χ3n) is 18.0. The topological polar surface area (TPSA) is 16.3 Å². The minimum absolute atomic E-state index is 0.518. The predicted molar refractivity (Wildman–Crippen MR) is 354 cm³/mol. The predicted octanol–water partition coefficient (Wildman–Crippen LogP) is 21.1. The second-order valence-electron chi connectivity index (χ2n) is 22.2. The molecule has 1 spiro atoms. The molecule has 2 aromatic heterocycles. The van der Waals surface area contributed by atoms with Crippen LogP contribution in [0.25, 0.3) is 77.3 Å². The van der Waals surface area contributed by atoms with Crippen molar-refractivity contribution in [3.8, 4) is 22.5 Å². The van der Waals surface area contributed by atoms with E-state index in [2.05, 4.69) is 324 Å². The fraction of sp³-hybridized carbons (Fsp3) is 0.0500. The summed E-state index contributed by atoms with van der Waals surface area (Å²) in [6, 6.07) is 98.4. The summed E-state index contributed by atoms with van der Waals surface area (Å²) in [6.07, 6.45) is 13.0. The van der Waals surface area contributed by atoms with E-state index in [1.165, 1.54) is 105 Å². The number of benzene rings is 11. The fourth-order valence-electron chi connectivity index (χ4n) is 14.6. The highest BCUT2D eigenvalue weighted by Gasteiger charge is 2.53. The zero-order valence-electron chi connectivity index (χ0n) is 46.7. The first-order chi connectivity index (χ1) is 41.6. The van der Waals surface area contributed by atoms with Gasteiger partial charge in [0.05, 0.1) is 33.2 Å². The minimum atomic E-state index is -0.518. The molecule has 4 heteroatoms. The zero-order chi connectivity index (χ0) is 55.9. The van der Waals surface area contributed by atoms with Crippen molar-refractivity contribution < 1.29 is 0 Å². The molecule has 4 nitrogen and oxygen atoms in total. The van der Waals surface area contributed by atoms with Gasteiger partial charge in [-0.2, -0.15) is 0 Å². The summed E-state index contributed by atoms with van der Waals surface area (Å²) in [5, 5.41) is 4.90. The Kier molecular flexibility index (Phi) is 11.6. The molecule has 0 N–H and O–H groups in total. The van der Waals surface area contributed by atoms with Crippen LogP contribution in [-0.4, -0.2) is 9.13 Å². The molecular formula is C80H58N4. The number of hydrogen-bond donors (Lipinski definition) is 0. The molecule has 13 aromatic rings. The van der Waals surface area contributed by atoms with E-state index in [-0.39, 0.29) is 0 Å². The highest BCUT2D eigenvalue weighted by atomic mass is 15.2. The van der Waals surface area contributed by atoms with Crippen molar-refractivity contribution in [3.05, 3.63) is 343 Å². The van der Waals surface area contributed by atoms with Gasteiger partial charge in [-0.15, -0.1) is 0 Å². The molecule has 398 valence electrons. The summed E-state index contributed by atoms with van der Waals surface area (Å²) in [5.74, 6) is 0. The minimum Gasteiger partial charge on any atom is -0.314 e. The lowest BCUT2D eigenvalue weighted by atomic mass is 9.70. The fourth-order valence-corrected chi connectivity index (χ4v) is 14.6. The monoisotopic (exact) mass is 1070 g/mol. The van der Waals surface area contributed by atoms with Crippen molar-refractivity contribution in [2.45, 2.75) is 25.2 Å². The number of rotatable bonds is 10. The maximum absolute atomic E-state index is 4.21. The molecule has 0 saturated carbocycles. The highest BCUT2D eigenvalue weighted by Crippen LogP contribution is 2.65. The Morgan fingerprint density at radius 3 is 1.51 bits per heavy atom. The largest absolute Gasteiger partial charge is 0.314 e. The maximum atomic E-state index is 4.21. The van der Waals surface area contributed by atoms with E-state index in [0.29, 0.717) is 0 Å². The van der Waals surface area contributed by atoms with Crippen LogP contribution in [0.3, 0.4) is 0 Å². The van der Waals surface area contributed by atoms with Gasteiger partial charge in [-0.3, -0.25) is 0 Å². The SMILES string of the molecule is C=CC=C1/C(=C\C)C2(c3ccccc31)c1ccccc1-c1c(N(c3ccc(C4=CC=C(N(c5ccccc5)c5ccc6c(c5)c5ccccc5n6-c5ccccc5)CC4)cc3)c3ccc4c(c3)c3ccccc3n4-c3ccccc3)cccc12. The van der Waals surface area contributed by atoms with E-state index in [1.807, 2.05) is 6.08 Å². The van der Waals surface area contributed by atoms with Crippen molar-refractivity contribution in [2.75, 3.05) is 9.80 Å². The van der Waals surface area contributed by atoms with Gasteiger partial charge in [0.15, 0.2) is 0 Å². The number of anilines is 5. The molecule has 0 aliphatic heterocycles. The lowest BCUT2D eigenvalue weighted by Gasteiger charge is -2.32. The average molecular weight is 1080 g/mol. The van der Waals surface area contributed by atoms with E-state index >= 15 is 0 Å². The molecule has 0 bridgehead atoms. The smallest absolute Gasteiger partial charge is 0.0723 e. The van der Waals surface area contributed by atoms with Crippen molar-refractivity contribution in [3.63, 3.8) is 0 Å². The van der Waals surface area contributed by atoms with Gasteiger partial charge in [-0.05, 0) is 179 Å². The van der Waals surface area contributed by atoms with Crippen LogP contribution in [-0.2, 0) is 5.41 Å². The summed E-state index contributed by atoms with van der Waals surface area (Å²) >= 11 is 0. The first-order valence-electron chi connectivity index (χ1n) is 29.3. The van der Waals surface area contributed by atoms with Gasteiger partial charge < -0.3 is 18.9 Å². The Morgan fingerprint density at radius 2 is 0.917 bits per heavy atom. The molecule has 1 atom stereocenters. The lowest BCUT2D eigenvalue weighted by molar-refractivity contribution is 0.793. The van der Waals surface area contributed by atoms with Crippen LogP contribution >= 0.6 is 0 Å². The number of para-hydroxylation sites is 5. The van der Waals surface area contributed by atoms with Gasteiger partial charge in [0.25, 0.3) is 0 Å².